The van der Waals surface area contributed by atoms with Crippen molar-refractivity contribution in [2.45, 2.75) is 6.54 Å². The van der Waals surface area contributed by atoms with Crippen LogP contribution in [0.15, 0.2) is 48.5 Å². The van der Waals surface area contributed by atoms with Crippen LogP contribution in [0.2, 0.25) is 5.02 Å². The number of H-pyrrole nitrogens is 1. The van der Waals surface area contributed by atoms with Crippen molar-refractivity contribution in [3.05, 3.63) is 70.6 Å². The summed E-state index contributed by atoms with van der Waals surface area (Å²) in [5.74, 6) is -0.466. The Kier molecular flexibility index (Phi) is 3.86. The lowest BCUT2D eigenvalue weighted by Crippen LogP contribution is -2.26. The minimum atomic E-state index is -0.319. The van der Waals surface area contributed by atoms with E-state index in [1.54, 1.807) is 36.2 Å². The molecule has 0 saturated heterocycles. The fourth-order valence-electron chi connectivity index (χ4n) is 2.36. The minimum absolute atomic E-state index is 0.147. The zero-order valence-corrected chi connectivity index (χ0v) is 12.7. The van der Waals surface area contributed by atoms with Crippen LogP contribution in [-0.4, -0.2) is 22.8 Å². The topological polar surface area (TPSA) is 36.1 Å². The molecule has 112 valence electrons. The van der Waals surface area contributed by atoms with Crippen LogP contribution in [0, 0.1) is 5.82 Å². The molecule has 0 spiro atoms. The molecule has 5 heteroatoms. The highest BCUT2D eigenvalue weighted by atomic mass is 35.5. The van der Waals surface area contributed by atoms with Crippen molar-refractivity contribution in [2.75, 3.05) is 7.05 Å². The lowest BCUT2D eigenvalue weighted by atomic mass is 10.2. The average Bonchev–Trinajstić information content (AvgIpc) is 2.91. The highest BCUT2D eigenvalue weighted by molar-refractivity contribution is 6.30. The maximum Gasteiger partial charge on any atom is 0.270 e. The molecule has 0 aliphatic rings. The van der Waals surface area contributed by atoms with Crippen LogP contribution >= 0.6 is 11.6 Å². The van der Waals surface area contributed by atoms with E-state index in [1.165, 1.54) is 12.1 Å². The summed E-state index contributed by atoms with van der Waals surface area (Å²) in [6.45, 7) is 0.472. The zero-order valence-electron chi connectivity index (χ0n) is 11.9. The van der Waals surface area contributed by atoms with Gasteiger partial charge >= 0.3 is 0 Å². The van der Waals surface area contributed by atoms with E-state index < -0.39 is 0 Å². The highest BCUT2D eigenvalue weighted by Crippen LogP contribution is 2.18. The normalized spacial score (nSPS) is 10.9. The Hall–Kier alpha value is -2.33. The molecular weight excluding hydrogens is 303 g/mol. The maximum absolute atomic E-state index is 13.2. The van der Waals surface area contributed by atoms with Crippen LogP contribution in [-0.2, 0) is 6.54 Å². The van der Waals surface area contributed by atoms with Crippen molar-refractivity contribution in [3.8, 4) is 0 Å². The molecule has 0 bridgehead atoms. The highest BCUT2D eigenvalue weighted by Gasteiger charge is 2.15. The Labute approximate surface area is 132 Å². The monoisotopic (exact) mass is 316 g/mol. The molecule has 0 atom stereocenters. The first-order chi connectivity index (χ1) is 10.5. The Morgan fingerprint density at radius 3 is 2.64 bits per heavy atom. The molecule has 0 unspecified atom stereocenters. The number of amides is 1. The van der Waals surface area contributed by atoms with Crippen molar-refractivity contribution in [2.24, 2.45) is 0 Å². The third kappa shape index (κ3) is 2.97. The number of fused-ring (bicyclic) bond motifs is 1. The number of rotatable bonds is 3. The summed E-state index contributed by atoms with van der Waals surface area (Å²) in [4.78, 5) is 17.1. The van der Waals surface area contributed by atoms with Gasteiger partial charge in [0.25, 0.3) is 5.91 Å². The Morgan fingerprint density at radius 1 is 1.18 bits per heavy atom. The van der Waals surface area contributed by atoms with Crippen molar-refractivity contribution >= 4 is 28.4 Å². The summed E-state index contributed by atoms with van der Waals surface area (Å²) >= 11 is 5.85. The van der Waals surface area contributed by atoms with Crippen molar-refractivity contribution < 1.29 is 9.18 Å². The fourth-order valence-corrected chi connectivity index (χ4v) is 2.49. The van der Waals surface area contributed by atoms with Gasteiger partial charge in [-0.25, -0.2) is 4.39 Å². The van der Waals surface area contributed by atoms with E-state index in [0.29, 0.717) is 22.6 Å². The van der Waals surface area contributed by atoms with Crippen LogP contribution in [0.1, 0.15) is 16.1 Å². The molecule has 2 aromatic carbocycles. The van der Waals surface area contributed by atoms with Gasteiger partial charge in [-0.1, -0.05) is 23.7 Å². The van der Waals surface area contributed by atoms with E-state index in [1.807, 2.05) is 12.1 Å². The van der Waals surface area contributed by atoms with E-state index in [9.17, 15) is 9.18 Å². The maximum atomic E-state index is 13.2. The summed E-state index contributed by atoms with van der Waals surface area (Å²) in [5, 5.41) is 1.35. The van der Waals surface area contributed by atoms with Crippen LogP contribution in [0.3, 0.4) is 0 Å². The quantitative estimate of drug-likeness (QED) is 0.771. The molecule has 3 nitrogen and oxygen atoms in total. The molecule has 3 rings (SSSR count). The van der Waals surface area contributed by atoms with Gasteiger partial charge < -0.3 is 9.88 Å². The molecule has 1 heterocycles. The summed E-state index contributed by atoms with van der Waals surface area (Å²) in [5.41, 5.74) is 2.17. The number of aromatic amines is 1. The summed E-state index contributed by atoms with van der Waals surface area (Å²) in [6, 6.07) is 13.4. The molecule has 1 aromatic heterocycles. The van der Waals surface area contributed by atoms with Gasteiger partial charge in [-0.15, -0.1) is 0 Å². The molecule has 0 aliphatic carbocycles. The zero-order chi connectivity index (χ0) is 15.7. The second-order valence-corrected chi connectivity index (χ2v) is 5.64. The van der Waals surface area contributed by atoms with Gasteiger partial charge in [0.05, 0.1) is 0 Å². The van der Waals surface area contributed by atoms with E-state index in [2.05, 4.69) is 4.98 Å². The number of benzene rings is 2. The number of halogens is 2. The van der Waals surface area contributed by atoms with Gasteiger partial charge in [-0.3, -0.25) is 4.79 Å². The molecule has 1 amide bonds. The molecule has 1 N–H and O–H groups in total. The summed E-state index contributed by atoms with van der Waals surface area (Å²) in [6.07, 6.45) is 0. The third-order valence-corrected chi connectivity index (χ3v) is 3.74. The second-order valence-electron chi connectivity index (χ2n) is 5.20. The largest absolute Gasteiger partial charge is 0.351 e. The first-order valence-electron chi connectivity index (χ1n) is 6.81. The Morgan fingerprint density at radius 2 is 1.91 bits per heavy atom. The predicted molar refractivity (Wildman–Crippen MR) is 85.5 cm³/mol. The van der Waals surface area contributed by atoms with E-state index in [4.69, 9.17) is 11.6 Å². The van der Waals surface area contributed by atoms with E-state index >= 15 is 0 Å². The third-order valence-electron chi connectivity index (χ3n) is 3.49. The predicted octanol–water partition coefficient (Wildman–Crippen LogP) is 4.23. The van der Waals surface area contributed by atoms with Crippen LogP contribution in [0.4, 0.5) is 4.39 Å². The van der Waals surface area contributed by atoms with E-state index in [-0.39, 0.29) is 11.7 Å². The Balaban J connectivity index is 1.80. The number of hydrogen-bond donors (Lipinski definition) is 1. The SMILES string of the molecule is CN(Cc1ccc(Cl)cc1)C(=O)c1cc2cc(F)ccc2[nH]1. The fraction of sp³-hybridized carbons (Fsp3) is 0.118. The molecule has 0 aliphatic heterocycles. The van der Waals surface area contributed by atoms with Gasteiger partial charge in [-0.2, -0.15) is 0 Å². The molecule has 0 saturated carbocycles. The summed E-state index contributed by atoms with van der Waals surface area (Å²) < 4.78 is 13.2. The van der Waals surface area contributed by atoms with Crippen molar-refractivity contribution in [3.63, 3.8) is 0 Å². The lowest BCUT2D eigenvalue weighted by molar-refractivity contribution is 0.0780. The number of hydrogen-bond acceptors (Lipinski definition) is 1. The van der Waals surface area contributed by atoms with Crippen LogP contribution < -0.4 is 0 Å². The first-order valence-corrected chi connectivity index (χ1v) is 7.19. The lowest BCUT2D eigenvalue weighted by Gasteiger charge is -2.16. The van der Waals surface area contributed by atoms with Gasteiger partial charge in [0.1, 0.15) is 11.5 Å². The van der Waals surface area contributed by atoms with Gasteiger partial charge in [0, 0.05) is 29.5 Å². The molecule has 3 aromatic rings. The molecule has 0 fully saturated rings. The smallest absolute Gasteiger partial charge is 0.270 e. The standard InChI is InChI=1S/C17H14ClFN2O/c1-21(10-11-2-4-13(18)5-3-11)17(22)16-9-12-8-14(19)6-7-15(12)20-16/h2-9,20H,10H2,1H3. The number of nitrogens with zero attached hydrogens (tertiary/aromatic N) is 1. The number of nitrogens with one attached hydrogen (secondary N) is 1. The minimum Gasteiger partial charge on any atom is -0.351 e. The number of carbonyl (C=O) groups is 1. The second kappa shape index (κ2) is 5.81. The number of carbonyl (C=O) groups excluding carboxylic acids is 1. The molecule has 22 heavy (non-hydrogen) atoms. The Bertz CT molecular complexity index is 826. The van der Waals surface area contributed by atoms with Crippen LogP contribution in [0.25, 0.3) is 10.9 Å². The van der Waals surface area contributed by atoms with Gasteiger partial charge in [-0.05, 0) is 42.0 Å². The first kappa shape index (κ1) is 14.6. The molecule has 0 radical (unpaired) electrons. The van der Waals surface area contributed by atoms with Crippen molar-refractivity contribution in [1.82, 2.24) is 9.88 Å². The molecular formula is C17H14ClFN2O. The average molecular weight is 317 g/mol. The summed E-state index contributed by atoms with van der Waals surface area (Å²) in [7, 11) is 1.73. The van der Waals surface area contributed by atoms with Crippen LogP contribution in [0.5, 0.6) is 0 Å². The van der Waals surface area contributed by atoms with E-state index in [0.717, 1.165) is 11.1 Å². The van der Waals surface area contributed by atoms with Gasteiger partial charge in [0.15, 0.2) is 0 Å². The van der Waals surface area contributed by atoms with Gasteiger partial charge in [0.2, 0.25) is 0 Å². The van der Waals surface area contributed by atoms with Crippen molar-refractivity contribution in [1.29, 1.82) is 0 Å². The number of aromatic nitrogens is 1.